The lowest BCUT2D eigenvalue weighted by atomic mass is 10.1. The van der Waals surface area contributed by atoms with E-state index in [1.807, 2.05) is 16.8 Å². The largest absolute Gasteiger partial charge is 0.403 e. The monoisotopic (exact) mass is 319 g/mol. The van der Waals surface area contributed by atoms with Crippen LogP contribution in [-0.2, 0) is 11.2 Å². The van der Waals surface area contributed by atoms with Gasteiger partial charge in [0.05, 0.1) is 6.42 Å². The van der Waals surface area contributed by atoms with Gasteiger partial charge in [-0.2, -0.15) is 11.3 Å². The second-order valence-electron chi connectivity index (χ2n) is 4.28. The predicted molar refractivity (Wildman–Crippen MR) is 81.4 cm³/mol. The highest BCUT2D eigenvalue weighted by molar-refractivity contribution is 7.08. The second kappa shape index (κ2) is 6.07. The third-order valence-electron chi connectivity index (χ3n) is 2.72. The van der Waals surface area contributed by atoms with Crippen molar-refractivity contribution in [3.05, 3.63) is 51.7 Å². The zero-order valence-electron chi connectivity index (χ0n) is 10.7. The number of aromatic nitrogens is 2. The van der Waals surface area contributed by atoms with Crippen LogP contribution in [0.15, 0.2) is 45.5 Å². The molecule has 7 heteroatoms. The summed E-state index contributed by atoms with van der Waals surface area (Å²) in [6, 6.07) is 9.04. The number of carbonyl (C=O) groups excluding carboxylic acids is 1. The molecule has 106 valence electrons. The van der Waals surface area contributed by atoms with Crippen molar-refractivity contribution in [2.75, 3.05) is 5.32 Å². The summed E-state index contributed by atoms with van der Waals surface area (Å²) >= 11 is 7.33. The van der Waals surface area contributed by atoms with Gasteiger partial charge in [0.25, 0.3) is 5.89 Å². The summed E-state index contributed by atoms with van der Waals surface area (Å²) in [6.07, 6.45) is 0.216. The van der Waals surface area contributed by atoms with Crippen LogP contribution in [0.25, 0.3) is 11.5 Å². The number of nitrogens with one attached hydrogen (secondary N) is 1. The van der Waals surface area contributed by atoms with Crippen molar-refractivity contribution >= 4 is 34.9 Å². The molecule has 0 saturated carbocycles. The quantitative estimate of drug-likeness (QED) is 0.797. The molecule has 0 fully saturated rings. The number of nitrogens with zero attached hydrogens (tertiary/aromatic N) is 2. The normalized spacial score (nSPS) is 10.5. The van der Waals surface area contributed by atoms with Gasteiger partial charge in [-0.3, -0.25) is 10.1 Å². The SMILES string of the molecule is O=C(Cc1ccc(Cl)cc1)Nc1nnc(-c2ccsc2)o1. The average molecular weight is 320 g/mol. The number of thiophene rings is 1. The van der Waals surface area contributed by atoms with Crippen molar-refractivity contribution in [1.82, 2.24) is 10.2 Å². The molecule has 3 rings (SSSR count). The highest BCUT2D eigenvalue weighted by Gasteiger charge is 2.11. The first-order chi connectivity index (χ1) is 10.2. The number of hydrogen-bond donors (Lipinski definition) is 1. The maximum Gasteiger partial charge on any atom is 0.322 e. The van der Waals surface area contributed by atoms with E-state index in [1.54, 1.807) is 24.3 Å². The molecule has 0 aliphatic carbocycles. The molecular formula is C14H10ClN3O2S. The molecule has 5 nitrogen and oxygen atoms in total. The Morgan fingerprint density at radius 2 is 2.05 bits per heavy atom. The van der Waals surface area contributed by atoms with Crippen molar-refractivity contribution in [2.45, 2.75) is 6.42 Å². The van der Waals surface area contributed by atoms with E-state index < -0.39 is 0 Å². The van der Waals surface area contributed by atoms with Crippen LogP contribution in [0.3, 0.4) is 0 Å². The number of hydrogen-bond acceptors (Lipinski definition) is 5. The van der Waals surface area contributed by atoms with E-state index in [9.17, 15) is 4.79 Å². The first-order valence-corrected chi connectivity index (χ1v) is 7.43. The molecule has 0 aliphatic rings. The van der Waals surface area contributed by atoms with Crippen molar-refractivity contribution < 1.29 is 9.21 Å². The molecule has 1 amide bonds. The number of benzene rings is 1. The molecule has 0 saturated heterocycles. The van der Waals surface area contributed by atoms with Gasteiger partial charge in [0.2, 0.25) is 5.91 Å². The van der Waals surface area contributed by atoms with Crippen LogP contribution in [-0.4, -0.2) is 16.1 Å². The third kappa shape index (κ3) is 3.48. The van der Waals surface area contributed by atoms with Crippen LogP contribution < -0.4 is 5.32 Å². The van der Waals surface area contributed by atoms with Crippen molar-refractivity contribution in [1.29, 1.82) is 0 Å². The van der Waals surface area contributed by atoms with Crippen LogP contribution in [0.4, 0.5) is 6.01 Å². The molecule has 0 atom stereocenters. The van der Waals surface area contributed by atoms with E-state index in [4.69, 9.17) is 16.0 Å². The number of amides is 1. The maximum absolute atomic E-state index is 11.9. The highest BCUT2D eigenvalue weighted by Crippen LogP contribution is 2.22. The Morgan fingerprint density at radius 1 is 1.24 bits per heavy atom. The van der Waals surface area contributed by atoms with Gasteiger partial charge in [-0.15, -0.1) is 5.10 Å². The first kappa shape index (κ1) is 13.8. The lowest BCUT2D eigenvalue weighted by Gasteiger charge is -2.01. The van der Waals surface area contributed by atoms with E-state index in [0.29, 0.717) is 10.9 Å². The molecule has 1 aromatic carbocycles. The van der Waals surface area contributed by atoms with Gasteiger partial charge in [-0.25, -0.2) is 0 Å². The second-order valence-corrected chi connectivity index (χ2v) is 5.49. The third-order valence-corrected chi connectivity index (χ3v) is 3.65. The number of carbonyl (C=O) groups is 1. The summed E-state index contributed by atoms with van der Waals surface area (Å²) in [4.78, 5) is 11.9. The predicted octanol–water partition coefficient (Wildman–Crippen LogP) is 3.63. The van der Waals surface area contributed by atoms with Crippen LogP contribution in [0.5, 0.6) is 0 Å². The van der Waals surface area contributed by atoms with Gasteiger partial charge in [-0.05, 0) is 29.1 Å². The molecule has 0 radical (unpaired) electrons. The number of anilines is 1. The van der Waals surface area contributed by atoms with Crippen molar-refractivity contribution in [2.24, 2.45) is 0 Å². The van der Waals surface area contributed by atoms with Gasteiger partial charge in [-0.1, -0.05) is 28.8 Å². The zero-order valence-corrected chi connectivity index (χ0v) is 12.3. The number of halogens is 1. The molecule has 1 N–H and O–H groups in total. The maximum atomic E-state index is 11.9. The van der Waals surface area contributed by atoms with Crippen molar-refractivity contribution in [3.8, 4) is 11.5 Å². The molecule has 2 aromatic heterocycles. The summed E-state index contributed by atoms with van der Waals surface area (Å²) in [6.45, 7) is 0. The summed E-state index contributed by atoms with van der Waals surface area (Å²) in [7, 11) is 0. The smallest absolute Gasteiger partial charge is 0.322 e. The number of rotatable bonds is 4. The Balaban J connectivity index is 1.64. The molecule has 3 aromatic rings. The van der Waals surface area contributed by atoms with E-state index >= 15 is 0 Å². The lowest BCUT2D eigenvalue weighted by molar-refractivity contribution is -0.115. The summed E-state index contributed by atoms with van der Waals surface area (Å²) < 4.78 is 5.39. The van der Waals surface area contributed by atoms with Crippen LogP contribution in [0.1, 0.15) is 5.56 Å². The fourth-order valence-electron chi connectivity index (χ4n) is 1.73. The Labute approximate surface area is 129 Å². The van der Waals surface area contributed by atoms with E-state index in [1.165, 1.54) is 11.3 Å². The molecule has 2 heterocycles. The molecular weight excluding hydrogens is 310 g/mol. The van der Waals surface area contributed by atoms with Gasteiger partial charge < -0.3 is 4.42 Å². The minimum atomic E-state index is -0.224. The zero-order chi connectivity index (χ0) is 14.7. The van der Waals surface area contributed by atoms with Gasteiger partial charge in [0, 0.05) is 16.0 Å². The Hall–Kier alpha value is -2.18. The summed E-state index contributed by atoms with van der Waals surface area (Å²) in [5.74, 6) is 0.163. The van der Waals surface area contributed by atoms with Crippen LogP contribution >= 0.6 is 22.9 Å². The van der Waals surface area contributed by atoms with Crippen molar-refractivity contribution in [3.63, 3.8) is 0 Å². The Morgan fingerprint density at radius 3 is 2.76 bits per heavy atom. The summed E-state index contributed by atoms with van der Waals surface area (Å²) in [5.41, 5.74) is 1.69. The fraction of sp³-hybridized carbons (Fsp3) is 0.0714. The Bertz CT molecular complexity index is 738. The fourth-order valence-corrected chi connectivity index (χ4v) is 2.48. The van der Waals surface area contributed by atoms with E-state index in [-0.39, 0.29) is 18.3 Å². The molecule has 0 aliphatic heterocycles. The van der Waals surface area contributed by atoms with Gasteiger partial charge >= 0.3 is 6.01 Å². The minimum absolute atomic E-state index is 0.0927. The molecule has 0 unspecified atom stereocenters. The standard InChI is InChI=1S/C14H10ClN3O2S/c15-11-3-1-9(2-4-11)7-12(19)16-14-18-17-13(20-14)10-5-6-21-8-10/h1-6,8H,7H2,(H,16,18,19). The Kier molecular flexibility index (Phi) is 3.98. The van der Waals surface area contributed by atoms with E-state index in [2.05, 4.69) is 15.5 Å². The highest BCUT2D eigenvalue weighted by atomic mass is 35.5. The molecule has 0 spiro atoms. The minimum Gasteiger partial charge on any atom is -0.403 e. The van der Waals surface area contributed by atoms with Gasteiger partial charge in [0.1, 0.15) is 0 Å². The molecule has 0 bridgehead atoms. The molecule has 21 heavy (non-hydrogen) atoms. The first-order valence-electron chi connectivity index (χ1n) is 6.11. The van der Waals surface area contributed by atoms with Crippen LogP contribution in [0, 0.1) is 0 Å². The van der Waals surface area contributed by atoms with Crippen LogP contribution in [0.2, 0.25) is 5.02 Å². The lowest BCUT2D eigenvalue weighted by Crippen LogP contribution is -2.14. The average Bonchev–Trinajstić information content (AvgIpc) is 3.12. The van der Waals surface area contributed by atoms with Gasteiger partial charge in [0.15, 0.2) is 0 Å². The summed E-state index contributed by atoms with van der Waals surface area (Å²) in [5, 5.41) is 14.7. The topological polar surface area (TPSA) is 68.0 Å². The van der Waals surface area contributed by atoms with E-state index in [0.717, 1.165) is 11.1 Å².